The van der Waals surface area contributed by atoms with Gasteiger partial charge in [0.05, 0.1) is 23.1 Å². The third-order valence-electron chi connectivity index (χ3n) is 3.09. The number of rotatable bonds is 1. The van der Waals surface area contributed by atoms with Gasteiger partial charge in [0, 0.05) is 0 Å². The Labute approximate surface area is 97.6 Å². The first-order chi connectivity index (χ1) is 8.07. The number of fused-ring (bicyclic) bond motifs is 1. The summed E-state index contributed by atoms with van der Waals surface area (Å²) >= 11 is 0. The van der Waals surface area contributed by atoms with E-state index in [-0.39, 0.29) is 17.5 Å². The Kier molecular flexibility index (Phi) is 2.16. The van der Waals surface area contributed by atoms with E-state index in [1.54, 1.807) is 24.3 Å². The van der Waals surface area contributed by atoms with E-state index in [0.29, 0.717) is 17.5 Å². The molecule has 2 heterocycles. The molecule has 0 spiro atoms. The van der Waals surface area contributed by atoms with Gasteiger partial charge in [0.25, 0.3) is 0 Å². The average molecular weight is 253 g/mol. The topological polar surface area (TPSA) is 69.3 Å². The summed E-state index contributed by atoms with van der Waals surface area (Å²) in [5.74, 6) is -0.312. The first-order valence-corrected chi connectivity index (χ1v) is 7.19. The molecule has 5 nitrogen and oxygen atoms in total. The van der Waals surface area contributed by atoms with Crippen LogP contribution in [-0.4, -0.2) is 24.5 Å². The summed E-state index contributed by atoms with van der Waals surface area (Å²) in [5, 5.41) is 0. The highest BCUT2D eigenvalue weighted by Gasteiger charge is 2.31. The molecule has 0 aliphatic carbocycles. The first-order valence-electron chi connectivity index (χ1n) is 5.37. The lowest BCUT2D eigenvalue weighted by atomic mass is 10.2. The minimum Gasteiger partial charge on any atom is -0.408 e. The third kappa shape index (κ3) is 1.68. The van der Waals surface area contributed by atoms with E-state index in [1.165, 1.54) is 4.57 Å². The Morgan fingerprint density at radius 2 is 2.06 bits per heavy atom. The predicted molar refractivity (Wildman–Crippen MR) is 62.8 cm³/mol. The minimum absolute atomic E-state index is 0.0242. The number of para-hydroxylation sites is 2. The van der Waals surface area contributed by atoms with E-state index in [4.69, 9.17) is 4.42 Å². The standard InChI is InChI=1S/C11H11NO4S/c13-11-12(8-5-6-17(14,15)7-8)9-3-1-2-4-10(9)16-11/h1-4,8H,5-7H2/t8-/m0/s1. The van der Waals surface area contributed by atoms with Crippen LogP contribution in [0.2, 0.25) is 0 Å². The highest BCUT2D eigenvalue weighted by Crippen LogP contribution is 2.26. The van der Waals surface area contributed by atoms with Gasteiger partial charge >= 0.3 is 5.76 Å². The molecule has 3 rings (SSSR count). The van der Waals surface area contributed by atoms with Crippen molar-refractivity contribution in [3.05, 3.63) is 34.8 Å². The maximum Gasteiger partial charge on any atom is 0.420 e. The van der Waals surface area contributed by atoms with Crippen molar-refractivity contribution in [1.82, 2.24) is 4.57 Å². The van der Waals surface area contributed by atoms with Crippen LogP contribution in [0, 0.1) is 0 Å². The molecule has 1 aliphatic rings. The van der Waals surface area contributed by atoms with E-state index in [9.17, 15) is 13.2 Å². The van der Waals surface area contributed by atoms with Crippen LogP contribution in [0.5, 0.6) is 0 Å². The van der Waals surface area contributed by atoms with Gasteiger partial charge in [-0.3, -0.25) is 4.57 Å². The van der Waals surface area contributed by atoms with Crippen molar-refractivity contribution in [2.45, 2.75) is 12.5 Å². The van der Waals surface area contributed by atoms with Gasteiger partial charge in [0.1, 0.15) is 0 Å². The summed E-state index contributed by atoms with van der Waals surface area (Å²) in [4.78, 5) is 11.7. The molecule has 17 heavy (non-hydrogen) atoms. The summed E-state index contributed by atoms with van der Waals surface area (Å²) in [7, 11) is -3.01. The summed E-state index contributed by atoms with van der Waals surface area (Å²) in [6.45, 7) is 0. The monoisotopic (exact) mass is 253 g/mol. The molecule has 2 aromatic rings. The van der Waals surface area contributed by atoms with Crippen LogP contribution < -0.4 is 5.76 Å². The van der Waals surface area contributed by atoms with Gasteiger partial charge in [-0.25, -0.2) is 13.2 Å². The molecule has 1 saturated heterocycles. The molecular formula is C11H11NO4S. The van der Waals surface area contributed by atoms with E-state index in [0.717, 1.165) is 0 Å². The Hall–Kier alpha value is -1.56. The zero-order valence-corrected chi connectivity index (χ0v) is 9.81. The van der Waals surface area contributed by atoms with Gasteiger partial charge in [-0.2, -0.15) is 0 Å². The van der Waals surface area contributed by atoms with Crippen molar-refractivity contribution in [1.29, 1.82) is 0 Å². The first kappa shape index (κ1) is 10.6. The Balaban J connectivity index is 2.18. The Morgan fingerprint density at radius 3 is 2.76 bits per heavy atom. The second-order valence-corrected chi connectivity index (χ2v) is 6.49. The molecule has 1 aromatic heterocycles. The molecule has 1 fully saturated rings. The molecule has 0 N–H and O–H groups in total. The van der Waals surface area contributed by atoms with Gasteiger partial charge < -0.3 is 4.42 Å². The number of hydrogen-bond acceptors (Lipinski definition) is 4. The van der Waals surface area contributed by atoms with Crippen LogP contribution in [0.4, 0.5) is 0 Å². The zero-order chi connectivity index (χ0) is 12.0. The largest absolute Gasteiger partial charge is 0.420 e. The van der Waals surface area contributed by atoms with E-state index in [2.05, 4.69) is 0 Å². The lowest BCUT2D eigenvalue weighted by Crippen LogP contribution is -2.21. The number of hydrogen-bond donors (Lipinski definition) is 0. The number of nitrogens with zero attached hydrogens (tertiary/aromatic N) is 1. The maximum absolute atomic E-state index is 11.7. The van der Waals surface area contributed by atoms with E-state index in [1.807, 2.05) is 0 Å². The number of oxazole rings is 1. The Bertz CT molecular complexity index is 725. The smallest absolute Gasteiger partial charge is 0.408 e. The van der Waals surface area contributed by atoms with Gasteiger partial charge in [0.2, 0.25) is 0 Å². The molecule has 0 saturated carbocycles. The van der Waals surface area contributed by atoms with Gasteiger partial charge in [-0.05, 0) is 18.6 Å². The fraction of sp³-hybridized carbons (Fsp3) is 0.364. The summed E-state index contributed by atoms with van der Waals surface area (Å²) < 4.78 is 29.4. The SMILES string of the molecule is O=c1oc2ccccc2n1[C@H]1CCS(=O)(=O)C1. The summed E-state index contributed by atoms with van der Waals surface area (Å²) in [6.07, 6.45) is 0.478. The zero-order valence-electron chi connectivity index (χ0n) is 9.00. The van der Waals surface area contributed by atoms with Crippen molar-refractivity contribution in [3.63, 3.8) is 0 Å². The highest BCUT2D eigenvalue weighted by molar-refractivity contribution is 7.91. The van der Waals surface area contributed by atoms with Crippen molar-refractivity contribution in [2.75, 3.05) is 11.5 Å². The van der Waals surface area contributed by atoms with Gasteiger partial charge in [-0.15, -0.1) is 0 Å². The molecule has 0 bridgehead atoms. The van der Waals surface area contributed by atoms with E-state index >= 15 is 0 Å². The van der Waals surface area contributed by atoms with Crippen molar-refractivity contribution < 1.29 is 12.8 Å². The second kappa shape index (κ2) is 3.46. The molecule has 1 atom stereocenters. The molecule has 1 aliphatic heterocycles. The van der Waals surface area contributed by atoms with Crippen LogP contribution in [-0.2, 0) is 9.84 Å². The van der Waals surface area contributed by atoms with Crippen molar-refractivity contribution in [3.8, 4) is 0 Å². The lowest BCUT2D eigenvalue weighted by molar-refractivity contribution is 0.464. The number of sulfone groups is 1. The maximum atomic E-state index is 11.7. The molecule has 0 radical (unpaired) electrons. The molecule has 0 unspecified atom stereocenters. The molecular weight excluding hydrogens is 242 g/mol. The van der Waals surface area contributed by atoms with Crippen molar-refractivity contribution in [2.24, 2.45) is 0 Å². The van der Waals surface area contributed by atoms with Gasteiger partial charge in [-0.1, -0.05) is 12.1 Å². The minimum atomic E-state index is -3.01. The second-order valence-electron chi connectivity index (χ2n) is 4.26. The molecule has 90 valence electrons. The average Bonchev–Trinajstić information content (AvgIpc) is 2.77. The number of benzene rings is 1. The summed E-state index contributed by atoms with van der Waals surface area (Å²) in [5.41, 5.74) is 1.17. The van der Waals surface area contributed by atoms with E-state index < -0.39 is 15.6 Å². The van der Waals surface area contributed by atoms with Crippen LogP contribution in [0.25, 0.3) is 11.1 Å². The predicted octanol–water partition coefficient (Wildman–Crippen LogP) is 0.954. The molecule has 0 amide bonds. The fourth-order valence-electron chi connectivity index (χ4n) is 2.31. The third-order valence-corrected chi connectivity index (χ3v) is 4.84. The lowest BCUT2D eigenvalue weighted by Gasteiger charge is -2.07. The Morgan fingerprint density at radius 1 is 1.29 bits per heavy atom. The van der Waals surface area contributed by atoms with Crippen molar-refractivity contribution >= 4 is 20.9 Å². The molecule has 6 heteroatoms. The molecule has 1 aromatic carbocycles. The normalized spacial score (nSPS) is 23.2. The summed E-state index contributed by atoms with van der Waals surface area (Å²) in [6, 6.07) is 6.76. The van der Waals surface area contributed by atoms with Gasteiger partial charge in [0.15, 0.2) is 15.4 Å². The van der Waals surface area contributed by atoms with Crippen LogP contribution in [0.15, 0.2) is 33.5 Å². The highest BCUT2D eigenvalue weighted by atomic mass is 32.2. The van der Waals surface area contributed by atoms with Crippen LogP contribution in [0.1, 0.15) is 12.5 Å². The quantitative estimate of drug-likeness (QED) is 0.759. The number of aromatic nitrogens is 1. The fourth-order valence-corrected chi connectivity index (χ4v) is 4.01. The van der Waals surface area contributed by atoms with Crippen LogP contribution >= 0.6 is 0 Å². The van der Waals surface area contributed by atoms with Crippen LogP contribution in [0.3, 0.4) is 0 Å².